The molecule has 1 unspecified atom stereocenters. The third-order valence-electron chi connectivity index (χ3n) is 2.36. The minimum atomic E-state index is 0.0969. The SMILES string of the molecule is CC.Cc1c(O)cc(-c2cnn(PI)c2)cc1O. The molecule has 1 aromatic carbocycles. The van der Waals surface area contributed by atoms with Crippen molar-refractivity contribution in [3.8, 4) is 22.6 Å². The lowest BCUT2D eigenvalue weighted by Gasteiger charge is -2.04. The summed E-state index contributed by atoms with van der Waals surface area (Å²) >= 11 is 2.23. The standard InChI is InChI=1S/C10H10IN2O2P.C2H6/c1-6-9(14)2-7(3-10(6)15)8-4-12-13(5-8)16-11;1-2/h2-5,14-16H,1H3;1-2H3. The maximum atomic E-state index is 9.62. The predicted octanol–water partition coefficient (Wildman–Crippen LogP) is 4.09. The summed E-state index contributed by atoms with van der Waals surface area (Å²) in [4.78, 5) is 0. The van der Waals surface area contributed by atoms with E-state index in [9.17, 15) is 10.2 Å². The largest absolute Gasteiger partial charge is 0.508 e. The second-order valence-electron chi connectivity index (χ2n) is 3.40. The van der Waals surface area contributed by atoms with Gasteiger partial charge in [0.05, 0.1) is 12.6 Å². The van der Waals surface area contributed by atoms with Crippen LogP contribution in [0.4, 0.5) is 0 Å². The highest BCUT2D eigenvalue weighted by atomic mass is 127. The van der Waals surface area contributed by atoms with Crippen LogP contribution in [0.5, 0.6) is 11.5 Å². The quantitative estimate of drug-likeness (QED) is 0.612. The van der Waals surface area contributed by atoms with Gasteiger partial charge in [-0.15, -0.1) is 0 Å². The van der Waals surface area contributed by atoms with Gasteiger partial charge in [-0.25, -0.2) is 4.45 Å². The molecule has 18 heavy (non-hydrogen) atoms. The topological polar surface area (TPSA) is 58.3 Å². The number of phenolic OH excluding ortho intramolecular Hbond substituents is 2. The van der Waals surface area contributed by atoms with E-state index in [2.05, 4.69) is 27.1 Å². The molecule has 0 amide bonds. The minimum Gasteiger partial charge on any atom is -0.508 e. The Morgan fingerprint density at radius 3 is 2.17 bits per heavy atom. The van der Waals surface area contributed by atoms with Crippen LogP contribution in [0.25, 0.3) is 11.1 Å². The fourth-order valence-corrected chi connectivity index (χ4v) is 2.45. The van der Waals surface area contributed by atoms with Crippen LogP contribution in [0.3, 0.4) is 0 Å². The molecule has 0 bridgehead atoms. The number of phenols is 2. The zero-order chi connectivity index (χ0) is 13.7. The molecule has 0 fully saturated rings. The van der Waals surface area contributed by atoms with Crippen LogP contribution in [0.2, 0.25) is 0 Å². The normalized spacial score (nSPS) is 10.4. The number of aromatic nitrogens is 2. The van der Waals surface area contributed by atoms with Gasteiger partial charge in [0.15, 0.2) is 0 Å². The van der Waals surface area contributed by atoms with Crippen molar-refractivity contribution in [2.75, 3.05) is 0 Å². The molecule has 2 aromatic rings. The third-order valence-corrected chi connectivity index (χ3v) is 4.26. The van der Waals surface area contributed by atoms with Crippen LogP contribution in [0.15, 0.2) is 24.5 Å². The molecule has 0 aliphatic carbocycles. The van der Waals surface area contributed by atoms with Crippen LogP contribution in [0, 0.1) is 6.92 Å². The number of hydrogen-bond acceptors (Lipinski definition) is 3. The Kier molecular flexibility index (Phi) is 5.88. The molecule has 0 radical (unpaired) electrons. The summed E-state index contributed by atoms with van der Waals surface area (Å²) in [6.45, 7) is 5.67. The first-order valence-corrected chi connectivity index (χ1v) is 9.62. The maximum absolute atomic E-state index is 9.62. The first kappa shape index (κ1) is 15.2. The van der Waals surface area contributed by atoms with Crippen LogP contribution in [-0.2, 0) is 0 Å². The Morgan fingerprint density at radius 2 is 1.72 bits per heavy atom. The van der Waals surface area contributed by atoms with Crippen molar-refractivity contribution in [2.24, 2.45) is 0 Å². The maximum Gasteiger partial charge on any atom is 0.122 e. The molecule has 0 aliphatic rings. The van der Waals surface area contributed by atoms with Crippen molar-refractivity contribution in [1.82, 2.24) is 9.55 Å². The summed E-state index contributed by atoms with van der Waals surface area (Å²) in [5.74, 6) is 0.194. The number of aromatic hydroxyl groups is 2. The van der Waals surface area contributed by atoms with E-state index in [0.717, 1.165) is 11.1 Å². The Hall–Kier alpha value is -0.810. The van der Waals surface area contributed by atoms with Crippen LogP contribution < -0.4 is 0 Å². The second kappa shape index (κ2) is 6.95. The molecule has 0 aliphatic heterocycles. The van der Waals surface area contributed by atoms with E-state index in [1.165, 1.54) is 0 Å². The van der Waals surface area contributed by atoms with Gasteiger partial charge in [-0.3, -0.25) is 0 Å². The summed E-state index contributed by atoms with van der Waals surface area (Å²) in [5, 5.41) is 23.4. The molecule has 2 rings (SSSR count). The molecule has 4 nitrogen and oxygen atoms in total. The highest BCUT2D eigenvalue weighted by molar-refractivity contribution is 14.2. The van der Waals surface area contributed by atoms with Gasteiger partial charge in [-0.2, -0.15) is 5.10 Å². The minimum absolute atomic E-state index is 0.0969. The molecule has 6 heteroatoms. The lowest BCUT2D eigenvalue weighted by molar-refractivity contribution is 0.444. The van der Waals surface area contributed by atoms with Gasteiger partial charge in [0, 0.05) is 17.3 Å². The van der Waals surface area contributed by atoms with Gasteiger partial charge in [-0.1, -0.05) is 13.8 Å². The van der Waals surface area contributed by atoms with Gasteiger partial charge in [-0.05, 0) is 46.7 Å². The highest BCUT2D eigenvalue weighted by Gasteiger charge is 2.08. The van der Waals surface area contributed by atoms with E-state index < -0.39 is 0 Å². The van der Waals surface area contributed by atoms with Crippen molar-refractivity contribution in [1.29, 1.82) is 0 Å². The van der Waals surface area contributed by atoms with Crippen molar-refractivity contribution in [3.05, 3.63) is 30.1 Å². The molecule has 2 N–H and O–H groups in total. The fourth-order valence-electron chi connectivity index (χ4n) is 1.37. The lowest BCUT2D eigenvalue weighted by Crippen LogP contribution is -1.80. The van der Waals surface area contributed by atoms with E-state index in [-0.39, 0.29) is 11.5 Å². The molecule has 1 atom stereocenters. The van der Waals surface area contributed by atoms with E-state index in [1.807, 2.05) is 24.5 Å². The molecular formula is C12H16IN2O2P. The first-order valence-electron chi connectivity index (χ1n) is 5.56. The Morgan fingerprint density at radius 1 is 1.17 bits per heavy atom. The second-order valence-corrected chi connectivity index (χ2v) is 5.47. The van der Waals surface area contributed by atoms with Crippen LogP contribution >= 0.6 is 28.4 Å². The van der Waals surface area contributed by atoms with Crippen molar-refractivity contribution < 1.29 is 10.2 Å². The molecule has 0 saturated heterocycles. The zero-order valence-corrected chi connectivity index (χ0v) is 13.6. The number of nitrogens with zero attached hydrogens (tertiary/aromatic N) is 2. The molecule has 0 saturated carbocycles. The fraction of sp³-hybridized carbons (Fsp3) is 0.250. The number of halogens is 1. The third kappa shape index (κ3) is 3.36. The number of rotatable bonds is 2. The van der Waals surface area contributed by atoms with E-state index >= 15 is 0 Å². The van der Waals surface area contributed by atoms with Gasteiger partial charge < -0.3 is 10.2 Å². The molecule has 98 valence electrons. The van der Waals surface area contributed by atoms with Gasteiger partial charge in [0.25, 0.3) is 0 Å². The predicted molar refractivity (Wildman–Crippen MR) is 84.8 cm³/mol. The molecule has 0 spiro atoms. The summed E-state index contributed by atoms with van der Waals surface area (Å²) in [5.41, 5.74) is 2.14. The van der Waals surface area contributed by atoms with E-state index in [0.29, 0.717) is 11.9 Å². The zero-order valence-electron chi connectivity index (χ0n) is 10.5. The van der Waals surface area contributed by atoms with Crippen molar-refractivity contribution >= 4 is 28.4 Å². The summed E-state index contributed by atoms with van der Waals surface area (Å²) in [7, 11) is 0. The monoisotopic (exact) mass is 378 g/mol. The van der Waals surface area contributed by atoms with Crippen molar-refractivity contribution in [3.63, 3.8) is 0 Å². The Balaban J connectivity index is 0.000000771. The van der Waals surface area contributed by atoms with Crippen LogP contribution in [-0.4, -0.2) is 19.8 Å². The highest BCUT2D eigenvalue weighted by Crippen LogP contribution is 2.34. The molecule has 1 aromatic heterocycles. The number of hydrogen-bond donors (Lipinski definition) is 2. The summed E-state index contributed by atoms with van der Waals surface area (Å²) < 4.78 is 1.81. The average Bonchev–Trinajstić information content (AvgIpc) is 2.86. The summed E-state index contributed by atoms with van der Waals surface area (Å²) in [6.07, 6.45) is 4.14. The summed E-state index contributed by atoms with van der Waals surface area (Å²) in [6, 6.07) is 3.26. The van der Waals surface area contributed by atoms with Crippen LogP contribution in [0.1, 0.15) is 19.4 Å². The Labute approximate surface area is 121 Å². The van der Waals surface area contributed by atoms with Gasteiger partial charge >= 0.3 is 0 Å². The van der Waals surface area contributed by atoms with Gasteiger partial charge in [0.2, 0.25) is 0 Å². The average molecular weight is 378 g/mol. The molecule has 1 heterocycles. The number of benzene rings is 1. The smallest absolute Gasteiger partial charge is 0.122 e. The van der Waals surface area contributed by atoms with E-state index in [1.54, 1.807) is 25.3 Å². The lowest BCUT2D eigenvalue weighted by atomic mass is 10.1. The van der Waals surface area contributed by atoms with Crippen molar-refractivity contribution in [2.45, 2.75) is 20.8 Å². The molecular weight excluding hydrogens is 362 g/mol. The van der Waals surface area contributed by atoms with Gasteiger partial charge in [0.1, 0.15) is 11.5 Å². The first-order chi connectivity index (χ1) is 8.61. The Bertz CT molecular complexity index is 506. The van der Waals surface area contributed by atoms with E-state index in [4.69, 9.17) is 0 Å².